The largest absolute Gasteiger partial charge is 0.395 e. The average molecular weight is 284 g/mol. The predicted octanol–water partition coefficient (Wildman–Crippen LogP) is 1.05. The number of benzene rings is 1. The van der Waals surface area contributed by atoms with Crippen LogP contribution < -0.4 is 5.32 Å². The minimum Gasteiger partial charge on any atom is -0.395 e. The lowest BCUT2D eigenvalue weighted by Crippen LogP contribution is -2.37. The standard InChI is InChI=1S/C13H20N2O3S/c1-10(9-16)15(2)19(17,18)12-5-6-13-11(8-12)4-3-7-14-13/h5-6,8,10,14,16H,3-4,7,9H2,1-2H3. The summed E-state index contributed by atoms with van der Waals surface area (Å²) in [7, 11) is -2.04. The minimum absolute atomic E-state index is 0.192. The zero-order chi connectivity index (χ0) is 14.0. The second kappa shape index (κ2) is 5.48. The molecule has 0 saturated carbocycles. The van der Waals surface area contributed by atoms with Gasteiger partial charge >= 0.3 is 0 Å². The number of likely N-dealkylation sites (N-methyl/N-ethyl adjacent to an activating group) is 1. The van der Waals surface area contributed by atoms with E-state index in [0.717, 1.165) is 30.6 Å². The van der Waals surface area contributed by atoms with E-state index in [1.807, 2.05) is 6.07 Å². The number of aliphatic hydroxyl groups is 1. The summed E-state index contributed by atoms with van der Waals surface area (Å²) in [5, 5.41) is 12.3. The first-order valence-corrected chi connectivity index (χ1v) is 7.86. The lowest BCUT2D eigenvalue weighted by atomic mass is 10.0. The van der Waals surface area contributed by atoms with Crippen LogP contribution in [0.1, 0.15) is 18.9 Å². The molecule has 2 rings (SSSR count). The molecule has 0 aromatic heterocycles. The molecule has 0 spiro atoms. The van der Waals surface area contributed by atoms with Gasteiger partial charge in [0, 0.05) is 25.3 Å². The zero-order valence-corrected chi connectivity index (χ0v) is 12.1. The molecule has 6 heteroatoms. The Morgan fingerprint density at radius 2 is 2.21 bits per heavy atom. The Labute approximate surface area is 114 Å². The predicted molar refractivity (Wildman–Crippen MR) is 74.7 cm³/mol. The van der Waals surface area contributed by atoms with Gasteiger partial charge in [-0.25, -0.2) is 8.42 Å². The van der Waals surface area contributed by atoms with Gasteiger partial charge in [-0.15, -0.1) is 0 Å². The molecule has 0 aliphatic carbocycles. The number of nitrogens with one attached hydrogen (secondary N) is 1. The van der Waals surface area contributed by atoms with Crippen molar-refractivity contribution in [2.45, 2.75) is 30.7 Å². The Morgan fingerprint density at radius 1 is 1.47 bits per heavy atom. The third-order valence-electron chi connectivity index (χ3n) is 3.58. The molecule has 1 heterocycles. The van der Waals surface area contributed by atoms with Crippen molar-refractivity contribution in [1.29, 1.82) is 0 Å². The molecule has 19 heavy (non-hydrogen) atoms. The Bertz CT molecular complexity index is 557. The molecule has 1 atom stereocenters. The summed E-state index contributed by atoms with van der Waals surface area (Å²) in [6.45, 7) is 2.42. The average Bonchev–Trinajstić information content (AvgIpc) is 2.45. The number of aliphatic hydroxyl groups excluding tert-OH is 1. The van der Waals surface area contributed by atoms with Crippen LogP contribution in [0.25, 0.3) is 0 Å². The Kier molecular flexibility index (Phi) is 4.13. The fraction of sp³-hybridized carbons (Fsp3) is 0.538. The maximum Gasteiger partial charge on any atom is 0.243 e. The Hall–Kier alpha value is -1.11. The lowest BCUT2D eigenvalue weighted by molar-refractivity contribution is 0.214. The molecule has 1 aliphatic rings. The van der Waals surface area contributed by atoms with Gasteiger partial charge in [0.15, 0.2) is 0 Å². The van der Waals surface area contributed by atoms with Gasteiger partial charge in [-0.2, -0.15) is 4.31 Å². The Balaban J connectivity index is 2.36. The van der Waals surface area contributed by atoms with Gasteiger partial charge in [0.2, 0.25) is 10.0 Å². The quantitative estimate of drug-likeness (QED) is 0.867. The van der Waals surface area contributed by atoms with Gasteiger partial charge in [0.1, 0.15) is 0 Å². The Morgan fingerprint density at radius 3 is 2.89 bits per heavy atom. The van der Waals surface area contributed by atoms with Gasteiger partial charge in [0.25, 0.3) is 0 Å². The molecule has 0 amide bonds. The highest BCUT2D eigenvalue weighted by Gasteiger charge is 2.25. The van der Waals surface area contributed by atoms with Gasteiger partial charge in [-0.1, -0.05) is 0 Å². The zero-order valence-electron chi connectivity index (χ0n) is 11.3. The number of rotatable bonds is 4. The highest BCUT2D eigenvalue weighted by atomic mass is 32.2. The number of hydrogen-bond donors (Lipinski definition) is 2. The number of aryl methyl sites for hydroxylation is 1. The van der Waals surface area contributed by atoms with Crippen molar-refractivity contribution in [2.75, 3.05) is 25.5 Å². The summed E-state index contributed by atoms with van der Waals surface area (Å²) in [5.41, 5.74) is 2.06. The number of fused-ring (bicyclic) bond motifs is 1. The smallest absolute Gasteiger partial charge is 0.243 e. The summed E-state index contributed by atoms with van der Waals surface area (Å²) in [6.07, 6.45) is 1.91. The number of anilines is 1. The van der Waals surface area contributed by atoms with E-state index in [-0.39, 0.29) is 11.5 Å². The van der Waals surface area contributed by atoms with E-state index >= 15 is 0 Å². The summed E-state index contributed by atoms with van der Waals surface area (Å²) in [6, 6.07) is 4.74. The molecule has 1 aromatic carbocycles. The monoisotopic (exact) mass is 284 g/mol. The van der Waals surface area contributed by atoms with E-state index < -0.39 is 16.1 Å². The molecule has 106 valence electrons. The lowest BCUT2D eigenvalue weighted by Gasteiger charge is -2.24. The molecular weight excluding hydrogens is 264 g/mol. The molecule has 1 aromatic rings. The molecule has 5 nitrogen and oxygen atoms in total. The first kappa shape index (κ1) is 14.3. The van der Waals surface area contributed by atoms with Gasteiger partial charge < -0.3 is 10.4 Å². The van der Waals surface area contributed by atoms with Crippen molar-refractivity contribution in [2.24, 2.45) is 0 Å². The van der Waals surface area contributed by atoms with Crippen molar-refractivity contribution in [1.82, 2.24) is 4.31 Å². The first-order chi connectivity index (χ1) is 8.96. The molecular formula is C13H20N2O3S. The van der Waals surface area contributed by atoms with Crippen molar-refractivity contribution < 1.29 is 13.5 Å². The molecule has 1 unspecified atom stereocenters. The van der Waals surface area contributed by atoms with Crippen LogP contribution in [0.15, 0.2) is 23.1 Å². The van der Waals surface area contributed by atoms with Gasteiger partial charge in [0.05, 0.1) is 11.5 Å². The van der Waals surface area contributed by atoms with Crippen LogP contribution in [0.4, 0.5) is 5.69 Å². The topological polar surface area (TPSA) is 69.6 Å². The maximum absolute atomic E-state index is 12.4. The third kappa shape index (κ3) is 2.75. The molecule has 0 bridgehead atoms. The number of hydrogen-bond acceptors (Lipinski definition) is 4. The highest BCUT2D eigenvalue weighted by molar-refractivity contribution is 7.89. The van der Waals surface area contributed by atoms with Crippen molar-refractivity contribution in [3.05, 3.63) is 23.8 Å². The first-order valence-electron chi connectivity index (χ1n) is 6.42. The van der Waals surface area contributed by atoms with Crippen LogP contribution in [0.3, 0.4) is 0 Å². The van der Waals surface area contributed by atoms with E-state index in [1.54, 1.807) is 19.1 Å². The van der Waals surface area contributed by atoms with Crippen LogP contribution in [-0.4, -0.2) is 44.1 Å². The van der Waals surface area contributed by atoms with Gasteiger partial charge in [-0.05, 0) is 43.5 Å². The fourth-order valence-corrected chi connectivity index (χ4v) is 3.53. The number of nitrogens with zero attached hydrogens (tertiary/aromatic N) is 1. The summed E-state index contributed by atoms with van der Waals surface area (Å²) in [4.78, 5) is 0.290. The number of sulfonamides is 1. The summed E-state index contributed by atoms with van der Waals surface area (Å²) >= 11 is 0. The molecule has 0 saturated heterocycles. The van der Waals surface area contributed by atoms with E-state index in [9.17, 15) is 8.42 Å². The third-order valence-corrected chi connectivity index (χ3v) is 5.54. The minimum atomic E-state index is -3.54. The van der Waals surface area contributed by atoms with Crippen molar-refractivity contribution in [3.63, 3.8) is 0 Å². The van der Waals surface area contributed by atoms with Crippen molar-refractivity contribution >= 4 is 15.7 Å². The van der Waals surface area contributed by atoms with Crippen molar-refractivity contribution in [3.8, 4) is 0 Å². The van der Waals surface area contributed by atoms with Crippen LogP contribution in [0.2, 0.25) is 0 Å². The van der Waals surface area contributed by atoms with Crippen LogP contribution in [0.5, 0.6) is 0 Å². The normalized spacial score (nSPS) is 16.8. The second-order valence-electron chi connectivity index (χ2n) is 4.90. The SMILES string of the molecule is CC(CO)N(C)S(=O)(=O)c1ccc2c(c1)CCCN2. The van der Waals surface area contributed by atoms with Gasteiger partial charge in [-0.3, -0.25) is 0 Å². The van der Waals surface area contributed by atoms with E-state index in [1.165, 1.54) is 11.4 Å². The summed E-state index contributed by atoms with van der Waals surface area (Å²) in [5.74, 6) is 0. The molecule has 0 radical (unpaired) electrons. The second-order valence-corrected chi connectivity index (χ2v) is 6.90. The molecule has 1 aliphatic heterocycles. The fourth-order valence-electron chi connectivity index (χ4n) is 2.13. The molecule has 0 fully saturated rings. The highest BCUT2D eigenvalue weighted by Crippen LogP contribution is 2.26. The van der Waals surface area contributed by atoms with E-state index in [2.05, 4.69) is 5.32 Å². The molecule has 2 N–H and O–H groups in total. The van der Waals surface area contributed by atoms with Crippen LogP contribution in [0, 0.1) is 0 Å². The maximum atomic E-state index is 12.4. The summed E-state index contributed by atoms with van der Waals surface area (Å²) < 4.78 is 26.0. The van der Waals surface area contributed by atoms with Crippen LogP contribution in [-0.2, 0) is 16.4 Å². The van der Waals surface area contributed by atoms with E-state index in [4.69, 9.17) is 5.11 Å². The van der Waals surface area contributed by atoms with Crippen LogP contribution >= 0.6 is 0 Å². The van der Waals surface area contributed by atoms with E-state index in [0.29, 0.717) is 0 Å².